The maximum Gasteiger partial charge on any atom is 0.319 e. The Hall–Kier alpha value is -2.39. The largest absolute Gasteiger partial charge is 0.468 e. The summed E-state index contributed by atoms with van der Waals surface area (Å²) in [4.78, 5) is 24.3. The lowest BCUT2D eigenvalue weighted by Crippen LogP contribution is -2.35. The van der Waals surface area contributed by atoms with Gasteiger partial charge in [-0.1, -0.05) is 12.1 Å². The standard InChI is InChI=1S/C14H16N2O4/c1-19-13(17)9-16(10-14(18)20-2)8-12-5-3-4-11(6-12)7-15/h3-6H,8-10H2,1-2H3. The van der Waals surface area contributed by atoms with Gasteiger partial charge in [-0.15, -0.1) is 0 Å². The molecule has 0 aliphatic carbocycles. The van der Waals surface area contributed by atoms with E-state index < -0.39 is 11.9 Å². The molecule has 1 rings (SSSR count). The average molecular weight is 276 g/mol. The van der Waals surface area contributed by atoms with Gasteiger partial charge >= 0.3 is 11.9 Å². The van der Waals surface area contributed by atoms with Crippen LogP contribution in [0.15, 0.2) is 24.3 Å². The third-order valence-corrected chi connectivity index (χ3v) is 2.62. The Morgan fingerprint density at radius 2 is 1.80 bits per heavy atom. The summed E-state index contributed by atoms with van der Waals surface area (Å²) >= 11 is 0. The number of nitrogens with zero attached hydrogens (tertiary/aromatic N) is 2. The highest BCUT2D eigenvalue weighted by Gasteiger charge is 2.15. The smallest absolute Gasteiger partial charge is 0.319 e. The first-order valence-electron chi connectivity index (χ1n) is 5.94. The number of carbonyl (C=O) groups excluding carboxylic acids is 2. The molecule has 0 aliphatic heterocycles. The molecule has 0 bridgehead atoms. The predicted octanol–water partition coefficient (Wildman–Crippen LogP) is 0.706. The topological polar surface area (TPSA) is 79.6 Å². The molecule has 1 aromatic rings. The molecular weight excluding hydrogens is 260 g/mol. The van der Waals surface area contributed by atoms with E-state index in [1.54, 1.807) is 23.1 Å². The van der Waals surface area contributed by atoms with Crippen molar-refractivity contribution in [2.75, 3.05) is 27.3 Å². The van der Waals surface area contributed by atoms with Crippen LogP contribution in [-0.2, 0) is 25.6 Å². The molecule has 0 unspecified atom stereocenters. The number of esters is 2. The molecule has 6 nitrogen and oxygen atoms in total. The van der Waals surface area contributed by atoms with Crippen LogP contribution < -0.4 is 0 Å². The number of carbonyl (C=O) groups is 2. The third-order valence-electron chi connectivity index (χ3n) is 2.62. The van der Waals surface area contributed by atoms with Crippen LogP contribution in [0.5, 0.6) is 0 Å². The average Bonchev–Trinajstić information content (AvgIpc) is 2.46. The van der Waals surface area contributed by atoms with E-state index in [9.17, 15) is 9.59 Å². The lowest BCUT2D eigenvalue weighted by molar-refractivity contribution is -0.145. The van der Waals surface area contributed by atoms with E-state index in [1.807, 2.05) is 12.1 Å². The van der Waals surface area contributed by atoms with E-state index in [1.165, 1.54) is 14.2 Å². The van der Waals surface area contributed by atoms with Crippen molar-refractivity contribution >= 4 is 11.9 Å². The fraction of sp³-hybridized carbons (Fsp3) is 0.357. The normalized spacial score (nSPS) is 9.90. The Bertz CT molecular complexity index is 504. The molecule has 0 saturated carbocycles. The van der Waals surface area contributed by atoms with Gasteiger partial charge in [-0.3, -0.25) is 14.5 Å². The van der Waals surface area contributed by atoms with Crippen molar-refractivity contribution in [3.8, 4) is 6.07 Å². The van der Waals surface area contributed by atoms with Gasteiger partial charge in [0.1, 0.15) is 0 Å². The first kappa shape index (κ1) is 15.7. The summed E-state index contributed by atoms with van der Waals surface area (Å²) in [5, 5.41) is 8.85. The van der Waals surface area contributed by atoms with E-state index in [0.29, 0.717) is 12.1 Å². The zero-order chi connectivity index (χ0) is 15.0. The zero-order valence-electron chi connectivity index (χ0n) is 11.5. The summed E-state index contributed by atoms with van der Waals surface area (Å²) in [6.45, 7) is 0.296. The minimum Gasteiger partial charge on any atom is -0.468 e. The van der Waals surface area contributed by atoms with Crippen LogP contribution in [0.3, 0.4) is 0 Å². The van der Waals surface area contributed by atoms with Gasteiger partial charge in [0.15, 0.2) is 0 Å². The first-order valence-corrected chi connectivity index (χ1v) is 5.94. The first-order chi connectivity index (χ1) is 9.58. The number of ether oxygens (including phenoxy) is 2. The SMILES string of the molecule is COC(=O)CN(CC(=O)OC)Cc1cccc(C#N)c1. The minimum absolute atomic E-state index is 0.0254. The summed E-state index contributed by atoms with van der Waals surface area (Å²) < 4.78 is 9.19. The molecule has 6 heteroatoms. The Kier molecular flexibility index (Phi) is 6.20. The summed E-state index contributed by atoms with van der Waals surface area (Å²) in [5.41, 5.74) is 1.36. The Morgan fingerprint density at radius 1 is 1.20 bits per heavy atom. The Balaban J connectivity index is 2.79. The highest BCUT2D eigenvalue weighted by Crippen LogP contribution is 2.08. The van der Waals surface area contributed by atoms with E-state index in [-0.39, 0.29) is 13.1 Å². The van der Waals surface area contributed by atoms with Gasteiger partial charge in [-0.05, 0) is 17.7 Å². The van der Waals surface area contributed by atoms with Gasteiger partial charge in [0.2, 0.25) is 0 Å². The lowest BCUT2D eigenvalue weighted by atomic mass is 10.1. The van der Waals surface area contributed by atoms with Gasteiger partial charge in [0.25, 0.3) is 0 Å². The molecule has 0 aromatic heterocycles. The molecule has 0 heterocycles. The van der Waals surface area contributed by atoms with E-state index in [0.717, 1.165) is 5.56 Å². The zero-order valence-corrected chi connectivity index (χ0v) is 11.5. The van der Waals surface area contributed by atoms with E-state index in [4.69, 9.17) is 5.26 Å². The van der Waals surface area contributed by atoms with Gasteiger partial charge in [-0.2, -0.15) is 5.26 Å². The van der Waals surface area contributed by atoms with Crippen LogP contribution in [0.2, 0.25) is 0 Å². The fourth-order valence-corrected chi connectivity index (χ4v) is 1.66. The molecule has 0 amide bonds. The number of methoxy groups -OCH3 is 2. The number of nitriles is 1. The second-order valence-electron chi connectivity index (χ2n) is 4.11. The molecule has 106 valence electrons. The number of hydrogen-bond acceptors (Lipinski definition) is 6. The number of hydrogen-bond donors (Lipinski definition) is 0. The van der Waals surface area contributed by atoms with Crippen LogP contribution in [-0.4, -0.2) is 44.1 Å². The maximum absolute atomic E-state index is 11.3. The van der Waals surface area contributed by atoms with Crippen molar-refractivity contribution in [2.24, 2.45) is 0 Å². The van der Waals surface area contributed by atoms with Crippen molar-refractivity contribution in [3.05, 3.63) is 35.4 Å². The van der Waals surface area contributed by atoms with Crippen LogP contribution in [0, 0.1) is 11.3 Å². The monoisotopic (exact) mass is 276 g/mol. The highest BCUT2D eigenvalue weighted by molar-refractivity contribution is 5.74. The molecule has 0 aliphatic rings. The van der Waals surface area contributed by atoms with Crippen molar-refractivity contribution < 1.29 is 19.1 Å². The molecule has 1 aromatic carbocycles. The summed E-state index contributed by atoms with van der Waals surface area (Å²) in [6, 6.07) is 9.02. The van der Waals surface area contributed by atoms with Gasteiger partial charge < -0.3 is 9.47 Å². The summed E-state index contributed by atoms with van der Waals surface area (Å²) in [5.74, 6) is -0.879. The fourth-order valence-electron chi connectivity index (χ4n) is 1.66. The van der Waals surface area contributed by atoms with Crippen LogP contribution >= 0.6 is 0 Å². The summed E-state index contributed by atoms with van der Waals surface area (Å²) in [6.07, 6.45) is 0. The highest BCUT2D eigenvalue weighted by atomic mass is 16.5. The number of rotatable bonds is 6. The van der Waals surface area contributed by atoms with Crippen LogP contribution in [0.4, 0.5) is 0 Å². The predicted molar refractivity (Wildman–Crippen MR) is 70.5 cm³/mol. The van der Waals surface area contributed by atoms with Crippen molar-refractivity contribution in [3.63, 3.8) is 0 Å². The van der Waals surface area contributed by atoms with Crippen LogP contribution in [0.25, 0.3) is 0 Å². The maximum atomic E-state index is 11.3. The number of benzene rings is 1. The molecular formula is C14H16N2O4. The van der Waals surface area contributed by atoms with Crippen LogP contribution in [0.1, 0.15) is 11.1 Å². The second-order valence-corrected chi connectivity index (χ2v) is 4.11. The van der Waals surface area contributed by atoms with Crippen molar-refractivity contribution in [1.82, 2.24) is 4.90 Å². The third kappa shape index (κ3) is 5.08. The van der Waals surface area contributed by atoms with E-state index >= 15 is 0 Å². The minimum atomic E-state index is -0.439. The molecule has 0 fully saturated rings. The van der Waals surface area contributed by atoms with E-state index in [2.05, 4.69) is 9.47 Å². The van der Waals surface area contributed by atoms with Crippen molar-refractivity contribution in [1.29, 1.82) is 5.26 Å². The summed E-state index contributed by atoms with van der Waals surface area (Å²) in [7, 11) is 2.57. The molecule has 0 radical (unpaired) electrons. The molecule has 0 N–H and O–H groups in total. The molecule has 0 saturated heterocycles. The van der Waals surface area contributed by atoms with Crippen molar-refractivity contribution in [2.45, 2.75) is 6.54 Å². The van der Waals surface area contributed by atoms with Gasteiger partial charge in [-0.25, -0.2) is 0 Å². The molecule has 20 heavy (non-hydrogen) atoms. The molecule has 0 atom stereocenters. The lowest BCUT2D eigenvalue weighted by Gasteiger charge is -2.19. The van der Waals surface area contributed by atoms with Gasteiger partial charge in [0.05, 0.1) is 38.9 Å². The molecule has 0 spiro atoms. The second kappa shape index (κ2) is 7.92. The quantitative estimate of drug-likeness (QED) is 0.712. The Morgan fingerprint density at radius 3 is 2.30 bits per heavy atom. The Labute approximate surface area is 117 Å². The van der Waals surface area contributed by atoms with Gasteiger partial charge in [0, 0.05) is 6.54 Å².